The molecule has 0 saturated carbocycles. The average molecular weight is 433 g/mol. The van der Waals surface area contributed by atoms with Crippen LogP contribution in [0.4, 0.5) is 0 Å². The fraction of sp³-hybridized carbons (Fsp3) is 0.364. The molecule has 2 N–H and O–H groups in total. The van der Waals surface area contributed by atoms with Gasteiger partial charge in [-0.25, -0.2) is 17.9 Å². The molecule has 2 aromatic rings. The first kappa shape index (κ1) is 23.6. The molecule has 2 unspecified atom stereocenters. The number of hydrogen-bond acceptors (Lipinski definition) is 5. The second-order valence-electron chi connectivity index (χ2n) is 7.03. The third-order valence-electron chi connectivity index (χ3n) is 4.58. The molecule has 0 bridgehead atoms. The van der Waals surface area contributed by atoms with Crippen LogP contribution < -0.4 is 10.0 Å². The summed E-state index contributed by atoms with van der Waals surface area (Å²) in [5, 5.41) is 2.74. The maximum Gasteiger partial charge on any atom is 0.338 e. The second kappa shape index (κ2) is 10.9. The highest BCUT2D eigenvalue weighted by Gasteiger charge is 2.20. The monoisotopic (exact) mass is 432 g/mol. The van der Waals surface area contributed by atoms with Gasteiger partial charge in [0.25, 0.3) is 5.91 Å². The summed E-state index contributed by atoms with van der Waals surface area (Å²) in [6.45, 7) is 5.58. The van der Waals surface area contributed by atoms with Gasteiger partial charge in [0.1, 0.15) is 0 Å². The summed E-state index contributed by atoms with van der Waals surface area (Å²) in [5.74, 6) is -1.09. The third-order valence-corrected chi connectivity index (χ3v) is 6.18. The van der Waals surface area contributed by atoms with Gasteiger partial charge in [-0.15, -0.1) is 0 Å². The predicted molar refractivity (Wildman–Crippen MR) is 115 cm³/mol. The van der Waals surface area contributed by atoms with Crippen LogP contribution in [-0.2, 0) is 26.0 Å². The number of esters is 1. The normalized spacial score (nSPS) is 13.3. The number of sulfonamides is 1. The quantitative estimate of drug-likeness (QED) is 0.562. The minimum absolute atomic E-state index is 0.0612. The lowest BCUT2D eigenvalue weighted by molar-refractivity contribution is -0.129. The van der Waals surface area contributed by atoms with Crippen LogP contribution in [0, 0.1) is 0 Å². The molecular weight excluding hydrogens is 404 g/mol. The Balaban J connectivity index is 1.88. The lowest BCUT2D eigenvalue weighted by atomic mass is 10.1. The molecule has 8 heteroatoms. The van der Waals surface area contributed by atoms with Gasteiger partial charge in [0.2, 0.25) is 10.0 Å². The number of rotatable bonds is 10. The molecule has 0 radical (unpaired) electrons. The first-order chi connectivity index (χ1) is 14.2. The van der Waals surface area contributed by atoms with Gasteiger partial charge in [-0.05, 0) is 56.5 Å². The van der Waals surface area contributed by atoms with Crippen molar-refractivity contribution >= 4 is 21.9 Å². The second-order valence-corrected chi connectivity index (χ2v) is 8.74. The maximum atomic E-state index is 12.3. The fourth-order valence-corrected chi connectivity index (χ4v) is 3.91. The SMILES string of the molecule is CCC(C)NS(=O)(=O)c1ccc(C(=O)OC(C)C(=O)NCCc2ccccc2)cc1. The van der Waals surface area contributed by atoms with Crippen molar-refractivity contribution < 1.29 is 22.7 Å². The van der Waals surface area contributed by atoms with Crippen molar-refractivity contribution in [2.45, 2.75) is 50.7 Å². The molecule has 2 rings (SSSR count). The lowest BCUT2D eigenvalue weighted by Gasteiger charge is -2.14. The Morgan fingerprint density at radius 2 is 1.63 bits per heavy atom. The van der Waals surface area contributed by atoms with E-state index in [0.717, 1.165) is 5.56 Å². The maximum absolute atomic E-state index is 12.3. The summed E-state index contributed by atoms with van der Waals surface area (Å²) >= 11 is 0. The van der Waals surface area contributed by atoms with Crippen molar-refractivity contribution in [1.29, 1.82) is 0 Å². The van der Waals surface area contributed by atoms with Gasteiger partial charge in [-0.3, -0.25) is 4.79 Å². The van der Waals surface area contributed by atoms with Crippen LogP contribution in [0.15, 0.2) is 59.5 Å². The van der Waals surface area contributed by atoms with Crippen LogP contribution in [0.2, 0.25) is 0 Å². The molecular formula is C22H28N2O5S. The molecule has 0 aromatic heterocycles. The molecule has 162 valence electrons. The van der Waals surface area contributed by atoms with Crippen LogP contribution >= 0.6 is 0 Å². The van der Waals surface area contributed by atoms with Gasteiger partial charge >= 0.3 is 5.97 Å². The summed E-state index contributed by atoms with van der Waals surface area (Å²) in [4.78, 5) is 24.5. The standard InChI is InChI=1S/C22H28N2O5S/c1-4-16(2)24-30(27,28)20-12-10-19(11-13-20)22(26)29-17(3)21(25)23-15-14-18-8-6-5-7-9-18/h5-13,16-17,24H,4,14-15H2,1-3H3,(H,23,25). The van der Waals surface area contributed by atoms with Gasteiger partial charge in [0, 0.05) is 12.6 Å². The largest absolute Gasteiger partial charge is 0.449 e. The molecule has 0 aliphatic carbocycles. The number of carbonyl (C=O) groups is 2. The molecule has 2 atom stereocenters. The minimum atomic E-state index is -3.65. The van der Waals surface area contributed by atoms with Crippen LogP contribution in [0.3, 0.4) is 0 Å². The minimum Gasteiger partial charge on any atom is -0.449 e. The molecule has 7 nitrogen and oxygen atoms in total. The van der Waals surface area contributed by atoms with Crippen molar-refractivity contribution in [1.82, 2.24) is 10.0 Å². The molecule has 0 spiro atoms. The number of ether oxygens (including phenoxy) is 1. The molecule has 0 fully saturated rings. The van der Waals surface area contributed by atoms with Crippen molar-refractivity contribution in [3.8, 4) is 0 Å². The number of nitrogens with one attached hydrogen (secondary N) is 2. The highest BCUT2D eigenvalue weighted by atomic mass is 32.2. The van der Waals surface area contributed by atoms with Crippen LogP contribution in [0.25, 0.3) is 0 Å². The highest BCUT2D eigenvalue weighted by molar-refractivity contribution is 7.89. The zero-order chi connectivity index (χ0) is 22.1. The molecule has 30 heavy (non-hydrogen) atoms. The molecule has 1 amide bonds. The summed E-state index contributed by atoms with van der Waals surface area (Å²) in [6.07, 6.45) is 0.367. The van der Waals surface area contributed by atoms with E-state index >= 15 is 0 Å². The zero-order valence-electron chi connectivity index (χ0n) is 17.4. The number of benzene rings is 2. The van der Waals surface area contributed by atoms with Gasteiger partial charge in [0.15, 0.2) is 6.10 Å². The van der Waals surface area contributed by atoms with E-state index in [4.69, 9.17) is 4.74 Å². The summed E-state index contributed by atoms with van der Waals surface area (Å²) in [5.41, 5.74) is 1.27. The average Bonchev–Trinajstić information content (AvgIpc) is 2.74. The van der Waals surface area contributed by atoms with Crippen LogP contribution in [0.1, 0.15) is 43.1 Å². The topological polar surface area (TPSA) is 102 Å². The van der Waals surface area contributed by atoms with E-state index in [1.165, 1.54) is 31.2 Å². The fourth-order valence-electron chi connectivity index (χ4n) is 2.59. The van der Waals surface area contributed by atoms with Crippen molar-refractivity contribution in [2.75, 3.05) is 6.54 Å². The Labute approximate surface area is 177 Å². The third kappa shape index (κ3) is 6.96. The number of carbonyl (C=O) groups excluding carboxylic acids is 2. The van der Waals surface area contributed by atoms with Gasteiger partial charge in [0.05, 0.1) is 10.5 Å². The summed E-state index contributed by atoms with van der Waals surface area (Å²) in [7, 11) is -3.65. The Bertz CT molecular complexity index is 943. The summed E-state index contributed by atoms with van der Waals surface area (Å²) in [6, 6.07) is 14.9. The lowest BCUT2D eigenvalue weighted by Crippen LogP contribution is -2.36. The Kier molecular flexibility index (Phi) is 8.56. The van der Waals surface area contributed by atoms with E-state index < -0.39 is 28.0 Å². The molecule has 0 aliphatic heterocycles. The van der Waals surface area contributed by atoms with Gasteiger partial charge in [-0.2, -0.15) is 0 Å². The first-order valence-electron chi connectivity index (χ1n) is 9.88. The van der Waals surface area contributed by atoms with E-state index in [2.05, 4.69) is 10.0 Å². The Morgan fingerprint density at radius 3 is 2.23 bits per heavy atom. The Morgan fingerprint density at radius 1 is 1.00 bits per heavy atom. The van der Waals surface area contributed by atoms with Crippen LogP contribution in [0.5, 0.6) is 0 Å². The van der Waals surface area contributed by atoms with E-state index in [0.29, 0.717) is 19.4 Å². The van der Waals surface area contributed by atoms with Gasteiger partial charge < -0.3 is 10.1 Å². The molecule has 0 saturated heterocycles. The number of amides is 1. The van der Waals surface area contributed by atoms with Crippen LogP contribution in [-0.4, -0.2) is 39.0 Å². The number of hydrogen-bond donors (Lipinski definition) is 2. The molecule has 0 heterocycles. The van der Waals surface area contributed by atoms with Crippen molar-refractivity contribution in [3.63, 3.8) is 0 Å². The van der Waals surface area contributed by atoms with E-state index in [1.54, 1.807) is 6.92 Å². The molecule has 2 aromatic carbocycles. The smallest absolute Gasteiger partial charge is 0.338 e. The Hall–Kier alpha value is -2.71. The molecule has 0 aliphatic rings. The van der Waals surface area contributed by atoms with Crippen molar-refractivity contribution in [2.24, 2.45) is 0 Å². The van der Waals surface area contributed by atoms with Gasteiger partial charge in [-0.1, -0.05) is 37.3 Å². The predicted octanol–water partition coefficient (Wildman–Crippen LogP) is 2.67. The van der Waals surface area contributed by atoms with E-state index in [1.807, 2.05) is 37.3 Å². The zero-order valence-corrected chi connectivity index (χ0v) is 18.2. The van der Waals surface area contributed by atoms with E-state index in [-0.39, 0.29) is 16.5 Å². The van der Waals surface area contributed by atoms with Crippen molar-refractivity contribution in [3.05, 3.63) is 65.7 Å². The van der Waals surface area contributed by atoms with E-state index in [9.17, 15) is 18.0 Å². The highest BCUT2D eigenvalue weighted by Crippen LogP contribution is 2.13. The summed E-state index contributed by atoms with van der Waals surface area (Å²) < 4.78 is 32.3. The first-order valence-corrected chi connectivity index (χ1v) is 11.4.